The minimum Gasteiger partial charge on any atom is -0.382 e. The number of alkyl halides is 3. The van der Waals surface area contributed by atoms with E-state index in [1.165, 1.54) is 17.2 Å². The molecule has 0 aromatic carbocycles. The molecule has 4 heterocycles. The number of nitrogens with zero attached hydrogens (tertiary/aromatic N) is 4. The van der Waals surface area contributed by atoms with Crippen LogP contribution in [-0.4, -0.2) is 48.4 Å². The molecule has 2 aliphatic rings. The summed E-state index contributed by atoms with van der Waals surface area (Å²) < 4.78 is 53.7. The number of hydrogen-bond donors (Lipinski definition) is 2. The van der Waals surface area contributed by atoms with Gasteiger partial charge in [0.2, 0.25) is 0 Å². The highest BCUT2D eigenvalue weighted by Gasteiger charge is 2.42. The topological polar surface area (TPSA) is 73.4 Å². The third-order valence-corrected chi connectivity index (χ3v) is 5.71. The third kappa shape index (κ3) is 4.86. The standard InChI is InChI=1S/C21H24F4N6O/c22-15-12-26-9-7-16(15)28-20(32)31-11-2-1-8-27-17-5-6-18(29-19(17)31)30-10-3-4-14(13-30)21(23,24)25/h5-7,9,12,14,27H,1-4,8,10-11,13H2,(H,26,28,32). The molecule has 0 bridgehead atoms. The van der Waals surface area contributed by atoms with Gasteiger partial charge in [-0.25, -0.2) is 14.2 Å². The van der Waals surface area contributed by atoms with Crippen molar-refractivity contribution in [1.29, 1.82) is 0 Å². The molecule has 32 heavy (non-hydrogen) atoms. The van der Waals surface area contributed by atoms with Crippen LogP contribution in [0.25, 0.3) is 0 Å². The van der Waals surface area contributed by atoms with Crippen molar-refractivity contribution in [2.45, 2.75) is 31.9 Å². The van der Waals surface area contributed by atoms with Crippen LogP contribution < -0.4 is 20.4 Å². The van der Waals surface area contributed by atoms with Gasteiger partial charge >= 0.3 is 12.2 Å². The van der Waals surface area contributed by atoms with Crippen molar-refractivity contribution in [3.63, 3.8) is 0 Å². The number of pyridine rings is 2. The number of piperidine rings is 1. The molecule has 2 aromatic rings. The van der Waals surface area contributed by atoms with Crippen LogP contribution in [-0.2, 0) is 0 Å². The molecule has 1 saturated heterocycles. The molecule has 2 aromatic heterocycles. The van der Waals surface area contributed by atoms with Crippen LogP contribution in [0.1, 0.15) is 25.7 Å². The maximum Gasteiger partial charge on any atom is 0.393 e. The third-order valence-electron chi connectivity index (χ3n) is 5.71. The van der Waals surface area contributed by atoms with Crippen LogP contribution in [0.5, 0.6) is 0 Å². The van der Waals surface area contributed by atoms with Crippen LogP contribution >= 0.6 is 0 Å². The number of nitrogens with one attached hydrogen (secondary N) is 2. The lowest BCUT2D eigenvalue weighted by Crippen LogP contribution is -2.42. The Morgan fingerprint density at radius 1 is 1.16 bits per heavy atom. The van der Waals surface area contributed by atoms with E-state index in [9.17, 15) is 22.4 Å². The quantitative estimate of drug-likeness (QED) is 0.650. The Bertz CT molecular complexity index is 970. The van der Waals surface area contributed by atoms with E-state index in [-0.39, 0.29) is 18.7 Å². The zero-order valence-electron chi connectivity index (χ0n) is 17.3. The Hall–Kier alpha value is -3.11. The van der Waals surface area contributed by atoms with E-state index in [1.807, 2.05) is 0 Å². The molecule has 1 unspecified atom stereocenters. The van der Waals surface area contributed by atoms with Crippen LogP contribution in [0.15, 0.2) is 30.6 Å². The number of anilines is 4. The maximum absolute atomic E-state index is 14.0. The fraction of sp³-hybridized carbons (Fsp3) is 0.476. The van der Waals surface area contributed by atoms with Gasteiger partial charge < -0.3 is 15.5 Å². The highest BCUT2D eigenvalue weighted by atomic mass is 19.4. The molecule has 1 fully saturated rings. The molecular formula is C21H24F4N6O. The minimum atomic E-state index is -4.26. The Morgan fingerprint density at radius 3 is 2.78 bits per heavy atom. The predicted octanol–water partition coefficient (Wildman–Crippen LogP) is 4.64. The Labute approximate surface area is 182 Å². The molecule has 2 N–H and O–H groups in total. The van der Waals surface area contributed by atoms with Gasteiger partial charge in [0.1, 0.15) is 5.82 Å². The van der Waals surface area contributed by atoms with Crippen LogP contribution in [0.2, 0.25) is 0 Å². The molecule has 2 aliphatic heterocycles. The SMILES string of the molecule is O=C(Nc1ccncc1F)N1CCCCNc2ccc(N3CCCC(C(F)(F)F)C3)nc21. The minimum absolute atomic E-state index is 0.0122. The monoisotopic (exact) mass is 452 g/mol. The molecule has 0 saturated carbocycles. The lowest BCUT2D eigenvalue weighted by atomic mass is 9.97. The van der Waals surface area contributed by atoms with Gasteiger partial charge in [-0.15, -0.1) is 0 Å². The molecule has 1 atom stereocenters. The average molecular weight is 452 g/mol. The van der Waals surface area contributed by atoms with Crippen LogP contribution in [0, 0.1) is 11.7 Å². The van der Waals surface area contributed by atoms with Gasteiger partial charge in [0.15, 0.2) is 11.6 Å². The molecule has 4 rings (SSSR count). The lowest BCUT2D eigenvalue weighted by Gasteiger charge is -2.35. The second kappa shape index (κ2) is 9.17. The first-order chi connectivity index (χ1) is 15.3. The summed E-state index contributed by atoms with van der Waals surface area (Å²) in [5, 5.41) is 5.76. The number of hydrogen-bond acceptors (Lipinski definition) is 5. The highest BCUT2D eigenvalue weighted by Crippen LogP contribution is 2.36. The van der Waals surface area contributed by atoms with Gasteiger partial charge in [-0.3, -0.25) is 9.88 Å². The zero-order valence-corrected chi connectivity index (χ0v) is 17.3. The summed E-state index contributed by atoms with van der Waals surface area (Å²) in [6.45, 7) is 1.31. The fourth-order valence-corrected chi connectivity index (χ4v) is 3.99. The second-order valence-electron chi connectivity index (χ2n) is 7.94. The Morgan fingerprint density at radius 2 is 2.00 bits per heavy atom. The van der Waals surface area contributed by atoms with E-state index in [0.717, 1.165) is 12.6 Å². The van der Waals surface area contributed by atoms with E-state index in [2.05, 4.69) is 20.6 Å². The summed E-state index contributed by atoms with van der Waals surface area (Å²) in [5.41, 5.74) is 0.588. The number of aromatic nitrogens is 2. The van der Waals surface area contributed by atoms with Crippen molar-refractivity contribution >= 4 is 29.0 Å². The fourth-order valence-electron chi connectivity index (χ4n) is 3.99. The first-order valence-electron chi connectivity index (χ1n) is 10.6. The van der Waals surface area contributed by atoms with Gasteiger partial charge in [-0.2, -0.15) is 13.2 Å². The van der Waals surface area contributed by atoms with Gasteiger partial charge in [0, 0.05) is 32.4 Å². The number of halogens is 4. The van der Waals surface area contributed by atoms with E-state index in [0.29, 0.717) is 49.8 Å². The van der Waals surface area contributed by atoms with Crippen LogP contribution in [0.3, 0.4) is 0 Å². The smallest absolute Gasteiger partial charge is 0.382 e. The summed E-state index contributed by atoms with van der Waals surface area (Å²) >= 11 is 0. The summed E-state index contributed by atoms with van der Waals surface area (Å²) in [7, 11) is 0. The van der Waals surface area contributed by atoms with E-state index in [1.54, 1.807) is 17.0 Å². The van der Waals surface area contributed by atoms with E-state index < -0.39 is 23.9 Å². The number of amides is 2. The summed E-state index contributed by atoms with van der Waals surface area (Å²) in [6, 6.07) is 4.18. The first-order valence-corrected chi connectivity index (χ1v) is 10.6. The van der Waals surface area contributed by atoms with Gasteiger partial charge in [0.05, 0.1) is 23.5 Å². The molecule has 0 aliphatic carbocycles. The normalized spacial score (nSPS) is 19.4. The maximum atomic E-state index is 14.0. The number of fused-ring (bicyclic) bond motifs is 1. The number of rotatable bonds is 2. The Kier molecular flexibility index (Phi) is 6.33. The van der Waals surface area contributed by atoms with Crippen LogP contribution in [0.4, 0.5) is 45.4 Å². The lowest BCUT2D eigenvalue weighted by molar-refractivity contribution is -0.176. The van der Waals surface area contributed by atoms with Gasteiger partial charge in [0.25, 0.3) is 0 Å². The van der Waals surface area contributed by atoms with E-state index >= 15 is 0 Å². The molecular weight excluding hydrogens is 428 g/mol. The molecule has 2 amide bonds. The summed E-state index contributed by atoms with van der Waals surface area (Å²) in [6.07, 6.45) is 0.113. The first kappa shape index (κ1) is 22.1. The summed E-state index contributed by atoms with van der Waals surface area (Å²) in [4.78, 5) is 24.3. The van der Waals surface area contributed by atoms with Crippen molar-refractivity contribution in [3.05, 3.63) is 36.4 Å². The highest BCUT2D eigenvalue weighted by molar-refractivity contribution is 6.03. The van der Waals surface area contributed by atoms with Gasteiger partial charge in [-0.05, 0) is 43.9 Å². The second-order valence-corrected chi connectivity index (χ2v) is 7.94. The largest absolute Gasteiger partial charge is 0.393 e. The summed E-state index contributed by atoms with van der Waals surface area (Å²) in [5.74, 6) is -1.39. The number of carbonyl (C=O) groups is 1. The number of urea groups is 1. The molecule has 0 radical (unpaired) electrons. The van der Waals surface area contributed by atoms with Crippen molar-refractivity contribution < 1.29 is 22.4 Å². The van der Waals surface area contributed by atoms with Crippen molar-refractivity contribution in [2.24, 2.45) is 5.92 Å². The zero-order chi connectivity index (χ0) is 22.7. The van der Waals surface area contributed by atoms with Gasteiger partial charge in [-0.1, -0.05) is 0 Å². The Balaban J connectivity index is 1.62. The predicted molar refractivity (Wildman–Crippen MR) is 114 cm³/mol. The molecule has 11 heteroatoms. The van der Waals surface area contributed by atoms with Crippen molar-refractivity contribution in [1.82, 2.24) is 9.97 Å². The van der Waals surface area contributed by atoms with Crippen molar-refractivity contribution in [2.75, 3.05) is 46.6 Å². The average Bonchev–Trinajstić information content (AvgIpc) is 2.75. The number of carbonyl (C=O) groups excluding carboxylic acids is 1. The van der Waals surface area contributed by atoms with E-state index in [4.69, 9.17) is 0 Å². The molecule has 7 nitrogen and oxygen atoms in total. The molecule has 172 valence electrons. The molecule has 0 spiro atoms. The van der Waals surface area contributed by atoms with Crippen molar-refractivity contribution in [3.8, 4) is 0 Å².